The number of hydrogen-bond acceptors (Lipinski definition) is 7. The summed E-state index contributed by atoms with van der Waals surface area (Å²) in [4.78, 5) is 25.2. The van der Waals surface area contributed by atoms with Crippen molar-refractivity contribution in [2.45, 2.75) is 17.9 Å². The molecule has 0 aromatic heterocycles. The zero-order valence-electron chi connectivity index (χ0n) is 13.8. The minimum atomic E-state index is -4.71. The van der Waals surface area contributed by atoms with Crippen molar-refractivity contribution >= 4 is 33.1 Å². The largest absolute Gasteiger partial charge is 0.397 e. The maximum absolute atomic E-state index is 13.0. The summed E-state index contributed by atoms with van der Waals surface area (Å²) in [7, 11) is -4.71. The van der Waals surface area contributed by atoms with Crippen molar-refractivity contribution in [2.24, 2.45) is 5.73 Å². The summed E-state index contributed by atoms with van der Waals surface area (Å²) in [5.74, 6) is -1.04. The molecule has 6 N–H and O–H groups in total. The van der Waals surface area contributed by atoms with Gasteiger partial charge in [0.25, 0.3) is 10.1 Å². The Balaban J connectivity index is 2.38. The smallest absolute Gasteiger partial charge is 0.296 e. The SMILES string of the molecule is CC(CN)Nc1cc(S(=O)(=O)O)c(N)c2c1C(=O)c1ccccc1C2=O. The van der Waals surface area contributed by atoms with E-state index < -0.39 is 32.3 Å². The number of benzene rings is 2. The third-order valence-electron chi connectivity index (χ3n) is 4.23. The number of nitrogens with two attached hydrogens (primary N) is 2. The maximum Gasteiger partial charge on any atom is 0.296 e. The van der Waals surface area contributed by atoms with Crippen LogP contribution >= 0.6 is 0 Å². The van der Waals surface area contributed by atoms with E-state index >= 15 is 0 Å². The Hall–Kier alpha value is -2.75. The van der Waals surface area contributed by atoms with Crippen LogP contribution in [0.25, 0.3) is 0 Å². The molecular formula is C17H17N3O5S. The molecule has 1 atom stereocenters. The maximum atomic E-state index is 13.0. The highest BCUT2D eigenvalue weighted by Gasteiger charge is 2.36. The van der Waals surface area contributed by atoms with Gasteiger partial charge in [-0.15, -0.1) is 0 Å². The Morgan fingerprint density at radius 2 is 1.65 bits per heavy atom. The molecule has 1 unspecified atom stereocenters. The van der Waals surface area contributed by atoms with E-state index in [1.807, 2.05) is 0 Å². The fourth-order valence-electron chi connectivity index (χ4n) is 2.95. The normalized spacial score (nSPS) is 14.6. The van der Waals surface area contributed by atoms with Gasteiger partial charge < -0.3 is 16.8 Å². The van der Waals surface area contributed by atoms with E-state index in [0.29, 0.717) is 0 Å². The van der Waals surface area contributed by atoms with E-state index in [1.54, 1.807) is 19.1 Å². The van der Waals surface area contributed by atoms with Gasteiger partial charge in [0, 0.05) is 29.4 Å². The molecule has 0 radical (unpaired) electrons. The van der Waals surface area contributed by atoms with Crippen LogP contribution in [0.1, 0.15) is 38.8 Å². The molecule has 0 amide bonds. The van der Waals surface area contributed by atoms with Gasteiger partial charge in [-0.3, -0.25) is 14.1 Å². The summed E-state index contributed by atoms with van der Waals surface area (Å²) < 4.78 is 32.9. The summed E-state index contributed by atoms with van der Waals surface area (Å²) in [6, 6.07) is 6.93. The van der Waals surface area contributed by atoms with E-state index in [0.717, 1.165) is 6.07 Å². The van der Waals surface area contributed by atoms with Crippen LogP contribution in [0.5, 0.6) is 0 Å². The Morgan fingerprint density at radius 1 is 1.12 bits per heavy atom. The summed E-state index contributed by atoms with van der Waals surface area (Å²) in [5.41, 5.74) is 11.1. The highest BCUT2D eigenvalue weighted by Crippen LogP contribution is 2.39. The van der Waals surface area contributed by atoms with Crippen LogP contribution in [0.2, 0.25) is 0 Å². The third kappa shape index (κ3) is 2.75. The average Bonchev–Trinajstić information content (AvgIpc) is 2.59. The summed E-state index contributed by atoms with van der Waals surface area (Å²) in [6.07, 6.45) is 0. The molecular weight excluding hydrogens is 358 g/mol. The first-order valence-corrected chi connectivity index (χ1v) is 9.19. The Morgan fingerprint density at radius 3 is 2.15 bits per heavy atom. The molecule has 1 aliphatic rings. The fourth-order valence-corrected chi connectivity index (χ4v) is 3.59. The highest BCUT2D eigenvalue weighted by atomic mass is 32.2. The number of ketones is 2. The van der Waals surface area contributed by atoms with Crippen molar-refractivity contribution < 1.29 is 22.6 Å². The number of anilines is 2. The second-order valence-corrected chi connectivity index (χ2v) is 7.44. The molecule has 26 heavy (non-hydrogen) atoms. The predicted molar refractivity (Wildman–Crippen MR) is 96.1 cm³/mol. The van der Waals surface area contributed by atoms with Crippen LogP contribution in [0, 0.1) is 0 Å². The molecule has 0 bridgehead atoms. The number of carbonyl (C=O) groups is 2. The van der Waals surface area contributed by atoms with E-state index in [2.05, 4.69) is 5.32 Å². The molecule has 136 valence electrons. The highest BCUT2D eigenvalue weighted by molar-refractivity contribution is 7.86. The monoisotopic (exact) mass is 375 g/mol. The van der Waals surface area contributed by atoms with Gasteiger partial charge in [-0.1, -0.05) is 24.3 Å². The number of nitrogens with one attached hydrogen (secondary N) is 1. The quantitative estimate of drug-likeness (QED) is 0.390. The average molecular weight is 375 g/mol. The lowest BCUT2D eigenvalue weighted by Gasteiger charge is -2.25. The fraction of sp³-hybridized carbons (Fsp3) is 0.176. The number of carbonyl (C=O) groups excluding carboxylic acids is 2. The second kappa shape index (κ2) is 6.20. The zero-order valence-corrected chi connectivity index (χ0v) is 14.6. The number of nitrogen functional groups attached to an aromatic ring is 1. The van der Waals surface area contributed by atoms with E-state index in [1.165, 1.54) is 12.1 Å². The van der Waals surface area contributed by atoms with Crippen LogP contribution < -0.4 is 16.8 Å². The third-order valence-corrected chi connectivity index (χ3v) is 5.13. The van der Waals surface area contributed by atoms with Crippen LogP contribution in [0.15, 0.2) is 35.2 Å². The summed E-state index contributed by atoms with van der Waals surface area (Å²) >= 11 is 0. The van der Waals surface area contributed by atoms with Gasteiger partial charge >= 0.3 is 0 Å². The molecule has 0 fully saturated rings. The van der Waals surface area contributed by atoms with Crippen molar-refractivity contribution in [1.29, 1.82) is 0 Å². The van der Waals surface area contributed by atoms with Gasteiger partial charge in [-0.2, -0.15) is 8.42 Å². The molecule has 3 rings (SSSR count). The van der Waals surface area contributed by atoms with Crippen molar-refractivity contribution in [3.63, 3.8) is 0 Å². The molecule has 0 spiro atoms. The number of rotatable bonds is 4. The van der Waals surface area contributed by atoms with Crippen LogP contribution in [0.4, 0.5) is 11.4 Å². The van der Waals surface area contributed by atoms with E-state index in [4.69, 9.17) is 11.5 Å². The van der Waals surface area contributed by atoms with Gasteiger partial charge in [0.15, 0.2) is 11.6 Å². The van der Waals surface area contributed by atoms with E-state index in [-0.39, 0.29) is 40.5 Å². The molecule has 8 nitrogen and oxygen atoms in total. The predicted octanol–water partition coefficient (Wildman–Crippen LogP) is 1.05. The molecule has 2 aromatic carbocycles. The minimum Gasteiger partial charge on any atom is -0.397 e. The van der Waals surface area contributed by atoms with Gasteiger partial charge in [0.1, 0.15) is 4.90 Å². The van der Waals surface area contributed by atoms with Crippen molar-refractivity contribution in [3.05, 3.63) is 52.6 Å². The Labute approximate surface area is 149 Å². The first-order valence-electron chi connectivity index (χ1n) is 7.75. The van der Waals surface area contributed by atoms with Crippen molar-refractivity contribution in [3.8, 4) is 0 Å². The lowest BCUT2D eigenvalue weighted by molar-refractivity contribution is 0.0980. The standard InChI is InChI=1S/C17H17N3O5S/c1-8(7-18)20-11-6-12(26(23,24)25)15(19)14-13(11)16(21)9-4-2-3-5-10(9)17(14)22/h2-6,8,20H,7,18-19H2,1H3,(H,23,24,25). The second-order valence-electron chi connectivity index (χ2n) is 6.05. The minimum absolute atomic E-state index is 0.0288. The first kappa shape index (κ1) is 18.1. The van der Waals surface area contributed by atoms with Gasteiger partial charge in [-0.25, -0.2) is 0 Å². The van der Waals surface area contributed by atoms with Crippen LogP contribution in [-0.4, -0.2) is 37.1 Å². The molecule has 0 saturated heterocycles. The van der Waals surface area contributed by atoms with Crippen molar-refractivity contribution in [1.82, 2.24) is 0 Å². The van der Waals surface area contributed by atoms with E-state index in [9.17, 15) is 22.6 Å². The Bertz CT molecular complexity index is 1050. The van der Waals surface area contributed by atoms with Gasteiger partial charge in [0.05, 0.1) is 16.8 Å². The first-order chi connectivity index (χ1) is 12.2. The molecule has 0 heterocycles. The zero-order chi connectivity index (χ0) is 19.2. The lowest BCUT2D eigenvalue weighted by Crippen LogP contribution is -2.29. The van der Waals surface area contributed by atoms with Gasteiger partial charge in [-0.05, 0) is 13.0 Å². The summed E-state index contributed by atoms with van der Waals surface area (Å²) in [6.45, 7) is 1.91. The van der Waals surface area contributed by atoms with Crippen LogP contribution in [0.3, 0.4) is 0 Å². The van der Waals surface area contributed by atoms with Crippen LogP contribution in [-0.2, 0) is 10.1 Å². The topological polar surface area (TPSA) is 153 Å². The molecule has 0 aliphatic heterocycles. The molecule has 0 saturated carbocycles. The summed E-state index contributed by atoms with van der Waals surface area (Å²) in [5, 5.41) is 2.91. The molecule has 1 aliphatic carbocycles. The van der Waals surface area contributed by atoms with Crippen molar-refractivity contribution in [2.75, 3.05) is 17.6 Å². The molecule has 2 aromatic rings. The number of fused-ring (bicyclic) bond motifs is 2. The van der Waals surface area contributed by atoms with Gasteiger partial charge in [0.2, 0.25) is 0 Å². The lowest BCUT2D eigenvalue weighted by atomic mass is 9.82. The molecule has 9 heteroatoms. The Kier molecular flexibility index (Phi) is 4.31. The number of hydrogen-bond donors (Lipinski definition) is 4.